The van der Waals surface area contributed by atoms with Crippen LogP contribution in [0.3, 0.4) is 0 Å². The Hall–Kier alpha value is -1.10. The number of phenolic OH excluding ortho intramolecular Hbond substituents is 1. The Morgan fingerprint density at radius 3 is 3.00 bits per heavy atom. The van der Waals surface area contributed by atoms with Gasteiger partial charge in [-0.15, -0.1) is 0 Å². The van der Waals surface area contributed by atoms with Gasteiger partial charge in [0.2, 0.25) is 0 Å². The number of fused-ring (bicyclic) bond motifs is 1. The number of aryl methyl sites for hydroxylation is 1. The van der Waals surface area contributed by atoms with Gasteiger partial charge in [0.15, 0.2) is 5.79 Å². The molecule has 0 bridgehead atoms. The Balaban J connectivity index is 1.63. The van der Waals surface area contributed by atoms with E-state index in [0.29, 0.717) is 18.4 Å². The van der Waals surface area contributed by atoms with Crippen molar-refractivity contribution < 1.29 is 14.6 Å². The van der Waals surface area contributed by atoms with Crippen molar-refractivity contribution in [1.82, 2.24) is 5.32 Å². The number of hydrogen-bond acceptors (Lipinski definition) is 4. The van der Waals surface area contributed by atoms with Crippen LogP contribution < -0.4 is 5.32 Å². The van der Waals surface area contributed by atoms with Crippen LogP contribution in [0.1, 0.15) is 43.9 Å². The van der Waals surface area contributed by atoms with Gasteiger partial charge < -0.3 is 19.9 Å². The molecule has 20 heavy (non-hydrogen) atoms. The third-order valence-electron chi connectivity index (χ3n) is 4.10. The molecule has 1 aliphatic heterocycles. The van der Waals surface area contributed by atoms with Crippen molar-refractivity contribution in [3.05, 3.63) is 29.3 Å². The number of hydrogen-bond donors (Lipinski definition) is 2. The zero-order chi connectivity index (χ0) is 14.2. The van der Waals surface area contributed by atoms with Gasteiger partial charge in [-0.05, 0) is 56.4 Å². The fraction of sp³-hybridized carbons (Fsp3) is 0.625. The molecule has 1 heterocycles. The van der Waals surface area contributed by atoms with Crippen molar-refractivity contribution >= 4 is 0 Å². The van der Waals surface area contributed by atoms with Crippen LogP contribution in [0.15, 0.2) is 18.2 Å². The zero-order valence-electron chi connectivity index (χ0n) is 12.2. The minimum Gasteiger partial charge on any atom is -0.508 e. The quantitative estimate of drug-likeness (QED) is 0.891. The number of benzene rings is 1. The molecule has 0 saturated carbocycles. The lowest BCUT2D eigenvalue weighted by molar-refractivity contribution is -0.137. The monoisotopic (exact) mass is 277 g/mol. The first-order valence-corrected chi connectivity index (χ1v) is 7.40. The number of ether oxygens (including phenoxy) is 2. The van der Waals surface area contributed by atoms with Crippen molar-refractivity contribution in [2.24, 2.45) is 0 Å². The lowest BCUT2D eigenvalue weighted by Gasteiger charge is -2.27. The lowest BCUT2D eigenvalue weighted by atomic mass is 9.87. The van der Waals surface area contributed by atoms with Crippen LogP contribution in [0.4, 0.5) is 0 Å². The van der Waals surface area contributed by atoms with Crippen molar-refractivity contribution in [2.45, 2.75) is 51.0 Å². The highest BCUT2D eigenvalue weighted by atomic mass is 16.7. The lowest BCUT2D eigenvalue weighted by Crippen LogP contribution is -2.34. The van der Waals surface area contributed by atoms with Gasteiger partial charge in [0, 0.05) is 12.6 Å². The predicted octanol–water partition coefficient (Wildman–Crippen LogP) is 2.51. The molecule has 110 valence electrons. The maximum absolute atomic E-state index is 9.68. The number of aromatic hydroxyl groups is 1. The molecule has 0 amide bonds. The van der Waals surface area contributed by atoms with Crippen molar-refractivity contribution in [2.75, 3.05) is 13.2 Å². The summed E-state index contributed by atoms with van der Waals surface area (Å²) in [6.07, 6.45) is 3.49. The van der Waals surface area contributed by atoms with Gasteiger partial charge in [-0.3, -0.25) is 0 Å². The highest BCUT2D eigenvalue weighted by Crippen LogP contribution is 2.32. The maximum atomic E-state index is 9.68. The summed E-state index contributed by atoms with van der Waals surface area (Å²) in [6, 6.07) is 6.01. The molecule has 1 fully saturated rings. The third kappa shape index (κ3) is 2.97. The number of rotatable bonds is 3. The van der Waals surface area contributed by atoms with Crippen LogP contribution in [-0.4, -0.2) is 30.1 Å². The van der Waals surface area contributed by atoms with E-state index in [2.05, 4.69) is 5.32 Å². The first-order chi connectivity index (χ1) is 9.53. The Morgan fingerprint density at radius 2 is 2.25 bits per heavy atom. The molecule has 1 aromatic carbocycles. The number of phenols is 1. The molecular weight excluding hydrogens is 254 g/mol. The Kier molecular flexibility index (Phi) is 3.71. The summed E-state index contributed by atoms with van der Waals surface area (Å²) in [7, 11) is 0. The average Bonchev–Trinajstić information content (AvgIpc) is 2.76. The van der Waals surface area contributed by atoms with Crippen molar-refractivity contribution in [3.63, 3.8) is 0 Å². The van der Waals surface area contributed by atoms with Gasteiger partial charge >= 0.3 is 0 Å². The molecule has 0 aromatic heterocycles. The van der Waals surface area contributed by atoms with Crippen LogP contribution in [0.25, 0.3) is 0 Å². The SMILES string of the molecule is CC1(C)OCC(CNC2CCCc3ccc(O)cc32)O1. The molecule has 4 nitrogen and oxygen atoms in total. The van der Waals surface area contributed by atoms with Gasteiger partial charge in [-0.25, -0.2) is 0 Å². The Labute approximate surface area is 120 Å². The van der Waals surface area contributed by atoms with Crippen LogP contribution in [0.2, 0.25) is 0 Å². The summed E-state index contributed by atoms with van der Waals surface area (Å²) in [4.78, 5) is 0. The molecule has 2 atom stereocenters. The topological polar surface area (TPSA) is 50.7 Å². The molecule has 1 aromatic rings. The Morgan fingerprint density at radius 1 is 1.40 bits per heavy atom. The van der Waals surface area contributed by atoms with Crippen LogP contribution in [0.5, 0.6) is 5.75 Å². The highest BCUT2D eigenvalue weighted by molar-refractivity contribution is 5.38. The molecular formula is C16H23NO3. The predicted molar refractivity (Wildman–Crippen MR) is 76.7 cm³/mol. The minimum absolute atomic E-state index is 0.104. The molecule has 0 radical (unpaired) electrons. The van der Waals surface area contributed by atoms with E-state index in [1.807, 2.05) is 26.0 Å². The van der Waals surface area contributed by atoms with E-state index in [9.17, 15) is 5.11 Å². The van der Waals surface area contributed by atoms with Gasteiger partial charge in [0.1, 0.15) is 5.75 Å². The zero-order valence-corrected chi connectivity index (χ0v) is 12.2. The van der Waals surface area contributed by atoms with E-state index in [-0.39, 0.29) is 6.10 Å². The molecule has 1 saturated heterocycles. The maximum Gasteiger partial charge on any atom is 0.163 e. The fourth-order valence-corrected chi connectivity index (χ4v) is 3.14. The molecule has 4 heteroatoms. The van der Waals surface area contributed by atoms with E-state index >= 15 is 0 Å². The van der Waals surface area contributed by atoms with E-state index in [4.69, 9.17) is 9.47 Å². The van der Waals surface area contributed by atoms with Crippen LogP contribution in [0, 0.1) is 0 Å². The van der Waals surface area contributed by atoms with Gasteiger partial charge in [0.05, 0.1) is 12.7 Å². The Bertz CT molecular complexity index is 487. The normalized spacial score (nSPS) is 28.3. The highest BCUT2D eigenvalue weighted by Gasteiger charge is 2.33. The summed E-state index contributed by atoms with van der Waals surface area (Å²) >= 11 is 0. The third-order valence-corrected chi connectivity index (χ3v) is 4.10. The van der Waals surface area contributed by atoms with Crippen molar-refractivity contribution in [3.8, 4) is 5.75 Å². The first-order valence-electron chi connectivity index (χ1n) is 7.40. The minimum atomic E-state index is -0.463. The molecule has 1 aliphatic carbocycles. The first kappa shape index (κ1) is 13.9. The van der Waals surface area contributed by atoms with E-state index < -0.39 is 5.79 Å². The average molecular weight is 277 g/mol. The second-order valence-corrected chi connectivity index (χ2v) is 6.19. The molecule has 2 N–H and O–H groups in total. The largest absolute Gasteiger partial charge is 0.508 e. The number of nitrogens with one attached hydrogen (secondary N) is 1. The van der Waals surface area contributed by atoms with Gasteiger partial charge in [-0.1, -0.05) is 6.07 Å². The summed E-state index contributed by atoms with van der Waals surface area (Å²) in [5.41, 5.74) is 2.57. The van der Waals surface area contributed by atoms with Crippen LogP contribution in [-0.2, 0) is 15.9 Å². The second kappa shape index (κ2) is 5.35. The molecule has 0 spiro atoms. The fourth-order valence-electron chi connectivity index (χ4n) is 3.14. The summed E-state index contributed by atoms with van der Waals surface area (Å²) in [5, 5.41) is 13.3. The van der Waals surface area contributed by atoms with E-state index in [1.165, 1.54) is 17.5 Å². The smallest absolute Gasteiger partial charge is 0.163 e. The molecule has 3 rings (SSSR count). The summed E-state index contributed by atoms with van der Waals surface area (Å²) < 4.78 is 11.4. The van der Waals surface area contributed by atoms with Crippen LogP contribution >= 0.6 is 0 Å². The summed E-state index contributed by atoms with van der Waals surface area (Å²) in [6.45, 7) is 5.31. The molecule has 2 unspecified atom stereocenters. The van der Waals surface area contributed by atoms with Gasteiger partial charge in [0.25, 0.3) is 0 Å². The molecule has 2 aliphatic rings. The van der Waals surface area contributed by atoms with Crippen molar-refractivity contribution in [1.29, 1.82) is 0 Å². The van der Waals surface area contributed by atoms with E-state index in [1.54, 1.807) is 6.07 Å². The van der Waals surface area contributed by atoms with Gasteiger partial charge in [-0.2, -0.15) is 0 Å². The standard InChI is InChI=1S/C16H23NO3/c1-16(2)19-10-13(20-16)9-17-15-5-3-4-11-6-7-12(18)8-14(11)15/h6-8,13,15,17-18H,3-5,9-10H2,1-2H3. The van der Waals surface area contributed by atoms with E-state index in [0.717, 1.165) is 19.4 Å². The summed E-state index contributed by atoms with van der Waals surface area (Å²) in [5.74, 6) is -0.117. The second-order valence-electron chi connectivity index (χ2n) is 6.19.